The number of carbonyl (C=O) groups excluding carboxylic acids is 1. The Morgan fingerprint density at radius 3 is 2.68 bits per heavy atom. The minimum Gasteiger partial charge on any atom is -0.368 e. The molecule has 134 valence electrons. The van der Waals surface area contributed by atoms with Gasteiger partial charge in [0, 0.05) is 37.4 Å². The van der Waals surface area contributed by atoms with Crippen molar-refractivity contribution >= 4 is 17.7 Å². The first-order chi connectivity index (χ1) is 12.1. The van der Waals surface area contributed by atoms with E-state index in [0.717, 1.165) is 36.3 Å². The third kappa shape index (κ3) is 3.70. The zero-order valence-corrected chi connectivity index (χ0v) is 14.7. The number of hydrogen-bond acceptors (Lipinski definition) is 7. The van der Waals surface area contributed by atoms with E-state index in [2.05, 4.69) is 37.0 Å². The molecule has 9 heteroatoms. The van der Waals surface area contributed by atoms with Gasteiger partial charge in [-0.1, -0.05) is 13.3 Å². The van der Waals surface area contributed by atoms with E-state index in [-0.39, 0.29) is 11.7 Å². The summed E-state index contributed by atoms with van der Waals surface area (Å²) in [6.07, 6.45) is 4.48. The van der Waals surface area contributed by atoms with Crippen LogP contribution in [0.5, 0.6) is 0 Å². The fraction of sp³-hybridized carbons (Fsp3) is 0.562. The standard InChI is InChI=1S/C16H24N8O/c1-3-4-5-12-11(2)20-16(17)21-14(12)23-6-8-24(9-7-23)15(25)13-18-10-19-22-13/h10H,3-9H2,1-2H3,(H2,17,20,21)(H,18,19,22). The summed E-state index contributed by atoms with van der Waals surface area (Å²) in [5, 5.41) is 6.36. The van der Waals surface area contributed by atoms with Crippen LogP contribution in [0.4, 0.5) is 11.8 Å². The Morgan fingerprint density at radius 2 is 2.04 bits per heavy atom. The number of nitrogens with one attached hydrogen (secondary N) is 1. The highest BCUT2D eigenvalue weighted by atomic mass is 16.2. The molecule has 25 heavy (non-hydrogen) atoms. The second-order valence-corrected chi connectivity index (χ2v) is 6.19. The Bertz CT molecular complexity index is 722. The number of carbonyl (C=O) groups is 1. The lowest BCUT2D eigenvalue weighted by Crippen LogP contribution is -2.49. The number of anilines is 2. The largest absolute Gasteiger partial charge is 0.368 e. The monoisotopic (exact) mass is 344 g/mol. The van der Waals surface area contributed by atoms with E-state index in [0.29, 0.717) is 32.1 Å². The summed E-state index contributed by atoms with van der Waals surface area (Å²) in [6.45, 7) is 6.77. The molecule has 3 rings (SSSR count). The van der Waals surface area contributed by atoms with E-state index in [4.69, 9.17) is 5.73 Å². The van der Waals surface area contributed by atoms with Crippen LogP contribution in [0.3, 0.4) is 0 Å². The summed E-state index contributed by atoms with van der Waals surface area (Å²) in [5.41, 5.74) is 7.97. The van der Waals surface area contributed by atoms with Crippen LogP contribution < -0.4 is 10.6 Å². The van der Waals surface area contributed by atoms with Crippen LogP contribution in [0.1, 0.15) is 41.6 Å². The molecule has 0 spiro atoms. The zero-order valence-electron chi connectivity index (χ0n) is 14.7. The number of H-pyrrole nitrogens is 1. The molecule has 0 saturated carbocycles. The maximum Gasteiger partial charge on any atom is 0.291 e. The lowest BCUT2D eigenvalue weighted by atomic mass is 10.1. The normalized spacial score (nSPS) is 14.8. The van der Waals surface area contributed by atoms with Gasteiger partial charge < -0.3 is 15.5 Å². The Balaban J connectivity index is 1.73. The number of piperazine rings is 1. The SMILES string of the molecule is CCCCc1c(C)nc(N)nc1N1CCN(C(=O)c2ncn[nH]2)CC1. The predicted molar refractivity (Wildman–Crippen MR) is 94.3 cm³/mol. The van der Waals surface area contributed by atoms with Crippen molar-refractivity contribution in [2.45, 2.75) is 33.1 Å². The molecule has 3 N–H and O–H groups in total. The van der Waals surface area contributed by atoms with Gasteiger partial charge in [0.15, 0.2) is 0 Å². The molecule has 1 aliphatic heterocycles. The second kappa shape index (κ2) is 7.45. The highest BCUT2D eigenvalue weighted by molar-refractivity contribution is 5.90. The fourth-order valence-corrected chi connectivity index (χ4v) is 3.09. The molecule has 1 amide bonds. The molecule has 9 nitrogen and oxygen atoms in total. The average molecular weight is 344 g/mol. The predicted octanol–water partition coefficient (Wildman–Crippen LogP) is 0.790. The van der Waals surface area contributed by atoms with Gasteiger partial charge in [0.25, 0.3) is 5.91 Å². The zero-order chi connectivity index (χ0) is 17.8. The van der Waals surface area contributed by atoms with Gasteiger partial charge in [-0.3, -0.25) is 9.89 Å². The Hall–Kier alpha value is -2.71. The van der Waals surface area contributed by atoms with Crippen molar-refractivity contribution in [1.29, 1.82) is 0 Å². The molecule has 0 bridgehead atoms. The third-order valence-corrected chi connectivity index (χ3v) is 4.47. The van der Waals surface area contributed by atoms with Gasteiger partial charge in [0.05, 0.1) is 0 Å². The van der Waals surface area contributed by atoms with Gasteiger partial charge in [-0.2, -0.15) is 10.1 Å². The number of unbranched alkanes of at least 4 members (excludes halogenated alkanes) is 1. The third-order valence-electron chi connectivity index (χ3n) is 4.47. The number of aromatic amines is 1. The first kappa shape index (κ1) is 17.1. The van der Waals surface area contributed by atoms with Gasteiger partial charge in [0.1, 0.15) is 12.1 Å². The van der Waals surface area contributed by atoms with Crippen LogP contribution in [0.2, 0.25) is 0 Å². The Kier molecular flexibility index (Phi) is 5.11. The van der Waals surface area contributed by atoms with E-state index in [1.54, 1.807) is 4.90 Å². The molecule has 0 aromatic carbocycles. The number of hydrogen-bond donors (Lipinski definition) is 2. The van der Waals surface area contributed by atoms with E-state index < -0.39 is 0 Å². The quantitative estimate of drug-likeness (QED) is 0.823. The highest BCUT2D eigenvalue weighted by Gasteiger charge is 2.26. The molecule has 2 aromatic rings. The van der Waals surface area contributed by atoms with E-state index >= 15 is 0 Å². The summed E-state index contributed by atoms with van der Waals surface area (Å²) >= 11 is 0. The van der Waals surface area contributed by atoms with Gasteiger partial charge in [-0.25, -0.2) is 9.97 Å². The molecule has 0 radical (unpaired) electrons. The summed E-state index contributed by atoms with van der Waals surface area (Å²) in [7, 11) is 0. The number of nitrogen functional groups attached to an aromatic ring is 1. The van der Waals surface area contributed by atoms with Crippen LogP contribution in [0.15, 0.2) is 6.33 Å². The van der Waals surface area contributed by atoms with Crippen molar-refractivity contribution in [2.24, 2.45) is 0 Å². The van der Waals surface area contributed by atoms with Crippen molar-refractivity contribution in [3.63, 3.8) is 0 Å². The number of amides is 1. The number of nitrogens with two attached hydrogens (primary N) is 1. The molecule has 3 heterocycles. The van der Waals surface area contributed by atoms with Crippen LogP contribution in [0.25, 0.3) is 0 Å². The van der Waals surface area contributed by atoms with Crippen molar-refractivity contribution < 1.29 is 4.79 Å². The van der Waals surface area contributed by atoms with Crippen molar-refractivity contribution in [3.8, 4) is 0 Å². The van der Waals surface area contributed by atoms with Crippen molar-refractivity contribution in [1.82, 2.24) is 30.0 Å². The summed E-state index contributed by atoms with van der Waals surface area (Å²) < 4.78 is 0. The second-order valence-electron chi connectivity index (χ2n) is 6.19. The number of aromatic nitrogens is 5. The molecule has 1 saturated heterocycles. The topological polar surface area (TPSA) is 117 Å². The molecule has 1 fully saturated rings. The van der Waals surface area contributed by atoms with Crippen molar-refractivity contribution in [2.75, 3.05) is 36.8 Å². The minimum absolute atomic E-state index is 0.123. The molecule has 1 aliphatic rings. The van der Waals surface area contributed by atoms with Gasteiger partial charge in [0.2, 0.25) is 11.8 Å². The molecule has 0 unspecified atom stereocenters. The van der Waals surface area contributed by atoms with Gasteiger partial charge >= 0.3 is 0 Å². The molecule has 2 aromatic heterocycles. The van der Waals surface area contributed by atoms with E-state index in [1.807, 2.05) is 6.92 Å². The first-order valence-corrected chi connectivity index (χ1v) is 8.62. The van der Waals surface area contributed by atoms with E-state index in [9.17, 15) is 4.79 Å². The molecule has 0 atom stereocenters. The number of aryl methyl sites for hydroxylation is 1. The first-order valence-electron chi connectivity index (χ1n) is 8.62. The smallest absolute Gasteiger partial charge is 0.291 e. The summed E-state index contributed by atoms with van der Waals surface area (Å²) in [6, 6.07) is 0. The number of nitrogens with zero attached hydrogens (tertiary/aromatic N) is 6. The average Bonchev–Trinajstić information content (AvgIpc) is 3.14. The minimum atomic E-state index is -0.123. The lowest BCUT2D eigenvalue weighted by molar-refractivity contribution is 0.0734. The van der Waals surface area contributed by atoms with Gasteiger partial charge in [-0.15, -0.1) is 0 Å². The highest BCUT2D eigenvalue weighted by Crippen LogP contribution is 2.25. The molecule has 0 aliphatic carbocycles. The van der Waals surface area contributed by atoms with Crippen LogP contribution >= 0.6 is 0 Å². The van der Waals surface area contributed by atoms with Crippen LogP contribution in [-0.4, -0.2) is 62.1 Å². The van der Waals surface area contributed by atoms with Crippen LogP contribution in [0, 0.1) is 6.92 Å². The lowest BCUT2D eigenvalue weighted by Gasteiger charge is -2.36. The maximum atomic E-state index is 12.3. The Morgan fingerprint density at radius 1 is 1.28 bits per heavy atom. The summed E-state index contributed by atoms with van der Waals surface area (Å²) in [4.78, 5) is 29.1. The van der Waals surface area contributed by atoms with Crippen LogP contribution in [-0.2, 0) is 6.42 Å². The maximum absolute atomic E-state index is 12.3. The van der Waals surface area contributed by atoms with Gasteiger partial charge in [-0.05, 0) is 19.8 Å². The molecular weight excluding hydrogens is 320 g/mol. The van der Waals surface area contributed by atoms with Crippen molar-refractivity contribution in [3.05, 3.63) is 23.4 Å². The summed E-state index contributed by atoms with van der Waals surface area (Å²) in [5.74, 6) is 1.36. The van der Waals surface area contributed by atoms with E-state index in [1.165, 1.54) is 6.33 Å². The molecular formula is C16H24N8O. The number of rotatable bonds is 5. The Labute approximate surface area is 146 Å². The fourth-order valence-electron chi connectivity index (χ4n) is 3.09.